The van der Waals surface area contributed by atoms with Gasteiger partial charge < -0.3 is 14.8 Å². The van der Waals surface area contributed by atoms with Crippen LogP contribution in [0.3, 0.4) is 0 Å². The van der Waals surface area contributed by atoms with Crippen LogP contribution in [-0.4, -0.2) is 62.9 Å². The first kappa shape index (κ1) is 16.9. The second-order valence-corrected chi connectivity index (χ2v) is 5.76. The fraction of sp³-hybridized carbons (Fsp3) is 0.500. The highest BCUT2D eigenvalue weighted by atomic mass is 32.2. The van der Waals surface area contributed by atoms with E-state index in [0.717, 1.165) is 6.21 Å². The zero-order valence-corrected chi connectivity index (χ0v) is 11.8. The zero-order valence-electron chi connectivity index (χ0n) is 11.0. The number of carboxylic acids is 2. The van der Waals surface area contributed by atoms with E-state index in [1.807, 2.05) is 0 Å². The summed E-state index contributed by atoms with van der Waals surface area (Å²) in [7, 11) is 0. The van der Waals surface area contributed by atoms with Crippen LogP contribution in [0.2, 0.25) is 0 Å². The number of aromatic nitrogens is 3. The van der Waals surface area contributed by atoms with Crippen molar-refractivity contribution in [1.29, 1.82) is 0 Å². The Hall–Kier alpha value is -2.14. The Morgan fingerprint density at radius 2 is 2.19 bits per heavy atom. The molecule has 0 spiro atoms. The largest absolute Gasteiger partial charge is 0.481 e. The molecule has 0 saturated heterocycles. The molecule has 0 bridgehead atoms. The number of rotatable bonds is 8. The first-order chi connectivity index (χ1) is 9.77. The smallest absolute Gasteiger partial charge is 0.330 e. The van der Waals surface area contributed by atoms with Crippen LogP contribution in [0.25, 0.3) is 0 Å². The van der Waals surface area contributed by atoms with E-state index in [1.54, 1.807) is 0 Å². The molecule has 0 aromatic carbocycles. The van der Waals surface area contributed by atoms with Crippen LogP contribution in [0, 0.1) is 0 Å². The summed E-state index contributed by atoms with van der Waals surface area (Å²) in [6, 6.07) is -1.60. The lowest BCUT2D eigenvalue weighted by Crippen LogP contribution is -2.50. The Morgan fingerprint density at radius 3 is 2.62 bits per heavy atom. The van der Waals surface area contributed by atoms with E-state index in [1.165, 1.54) is 24.0 Å². The van der Waals surface area contributed by atoms with Crippen molar-refractivity contribution in [3.8, 4) is 0 Å². The van der Waals surface area contributed by atoms with Gasteiger partial charge in [0.2, 0.25) is 0 Å². The molecule has 10 nitrogen and oxygen atoms in total. The molecule has 1 aromatic rings. The molecule has 1 unspecified atom stereocenters. The van der Waals surface area contributed by atoms with Crippen LogP contribution in [-0.2, 0) is 27.2 Å². The van der Waals surface area contributed by atoms with Gasteiger partial charge in [-0.05, 0) is 6.92 Å². The molecule has 1 heterocycles. The summed E-state index contributed by atoms with van der Waals surface area (Å²) >= 11 is -2.55. The van der Waals surface area contributed by atoms with E-state index in [9.17, 15) is 23.5 Å². The van der Waals surface area contributed by atoms with Crippen LogP contribution in [0.4, 0.5) is 0 Å². The number of aliphatic imine (C=N–C) groups is 1. The summed E-state index contributed by atoms with van der Waals surface area (Å²) in [5, 5.41) is 24.9. The maximum Gasteiger partial charge on any atom is 0.330 e. The van der Waals surface area contributed by atoms with Gasteiger partial charge in [0.25, 0.3) is 0 Å². The standard InChI is InChI=1S/C10H14N4O6S/c1-10(21(19)20,6-14-5-4-12-13-14)8(9(17)18)11-3-2-7(15)16/h3-5,8H,2,6H2,1H3,(H,15,16)(H,17,18)(H,19,20)/t8-,10-/m0/s1. The van der Waals surface area contributed by atoms with Crippen LogP contribution in [0.1, 0.15) is 13.3 Å². The Morgan fingerprint density at radius 1 is 1.52 bits per heavy atom. The van der Waals surface area contributed by atoms with Gasteiger partial charge in [-0.25, -0.2) is 9.00 Å². The quantitative estimate of drug-likeness (QED) is 0.418. The van der Waals surface area contributed by atoms with Gasteiger partial charge in [0.05, 0.1) is 19.2 Å². The van der Waals surface area contributed by atoms with Crippen molar-refractivity contribution >= 4 is 29.2 Å². The Bertz CT molecular complexity index is 560. The van der Waals surface area contributed by atoms with Crippen LogP contribution < -0.4 is 0 Å². The molecular formula is C10H14N4O6S. The minimum absolute atomic E-state index is 0.225. The monoisotopic (exact) mass is 318 g/mol. The van der Waals surface area contributed by atoms with Crippen molar-refractivity contribution in [3.63, 3.8) is 0 Å². The van der Waals surface area contributed by atoms with E-state index in [2.05, 4.69) is 15.3 Å². The molecule has 11 heteroatoms. The Kier molecular flexibility index (Phi) is 5.67. The average molecular weight is 318 g/mol. The fourth-order valence-electron chi connectivity index (χ4n) is 1.59. The summed E-state index contributed by atoms with van der Waals surface area (Å²) < 4.78 is 20.5. The van der Waals surface area contributed by atoms with Gasteiger partial charge in [-0.15, -0.1) is 5.10 Å². The maximum atomic E-state index is 11.6. The summed E-state index contributed by atoms with van der Waals surface area (Å²) in [6.07, 6.45) is 3.16. The summed E-state index contributed by atoms with van der Waals surface area (Å²) in [5.74, 6) is -2.63. The molecule has 0 fully saturated rings. The van der Waals surface area contributed by atoms with Crippen LogP contribution >= 0.6 is 0 Å². The predicted molar refractivity (Wildman–Crippen MR) is 71.4 cm³/mol. The van der Waals surface area contributed by atoms with Crippen molar-refractivity contribution in [2.45, 2.75) is 30.7 Å². The fourth-order valence-corrected chi connectivity index (χ4v) is 2.19. The predicted octanol–water partition coefficient (Wildman–Crippen LogP) is -0.743. The highest BCUT2D eigenvalue weighted by molar-refractivity contribution is 7.80. The number of nitrogens with zero attached hydrogens (tertiary/aromatic N) is 4. The second kappa shape index (κ2) is 7.04. The van der Waals surface area contributed by atoms with Gasteiger partial charge in [-0.3, -0.25) is 14.5 Å². The lowest BCUT2D eigenvalue weighted by Gasteiger charge is -2.28. The van der Waals surface area contributed by atoms with Crippen LogP contribution in [0.5, 0.6) is 0 Å². The van der Waals surface area contributed by atoms with Gasteiger partial charge >= 0.3 is 11.9 Å². The topological polar surface area (TPSA) is 155 Å². The van der Waals surface area contributed by atoms with E-state index in [4.69, 9.17) is 5.11 Å². The van der Waals surface area contributed by atoms with Gasteiger partial charge in [0.1, 0.15) is 4.75 Å². The molecule has 1 aromatic heterocycles. The Balaban J connectivity index is 3.07. The molecule has 21 heavy (non-hydrogen) atoms. The molecule has 1 rings (SSSR count). The van der Waals surface area contributed by atoms with Gasteiger partial charge in [0.15, 0.2) is 17.1 Å². The highest BCUT2D eigenvalue weighted by Gasteiger charge is 2.45. The number of hydrogen-bond donors (Lipinski definition) is 3. The number of carboxylic acid groups (broad SMARTS) is 2. The van der Waals surface area contributed by atoms with Crippen molar-refractivity contribution in [1.82, 2.24) is 15.0 Å². The molecule has 0 amide bonds. The molecule has 0 aliphatic carbocycles. The average Bonchev–Trinajstić information content (AvgIpc) is 2.86. The van der Waals surface area contributed by atoms with Crippen molar-refractivity contribution in [2.75, 3.05) is 0 Å². The second-order valence-electron chi connectivity index (χ2n) is 4.33. The third kappa shape index (κ3) is 4.43. The van der Waals surface area contributed by atoms with Crippen molar-refractivity contribution in [3.05, 3.63) is 12.4 Å². The Labute approximate surface area is 121 Å². The van der Waals surface area contributed by atoms with Gasteiger partial charge in [-0.2, -0.15) is 0 Å². The van der Waals surface area contributed by atoms with Gasteiger partial charge in [0, 0.05) is 12.4 Å². The minimum atomic E-state index is -2.55. The van der Waals surface area contributed by atoms with E-state index >= 15 is 0 Å². The van der Waals surface area contributed by atoms with Crippen molar-refractivity contribution in [2.24, 2.45) is 4.99 Å². The zero-order chi connectivity index (χ0) is 16.0. The lowest BCUT2D eigenvalue weighted by atomic mass is 10.0. The SMILES string of the molecule is C[C@](Cn1ccnn1)([C@@H](N=CCC(=O)O)C(=O)O)S(=O)O. The molecule has 116 valence electrons. The third-order valence-corrected chi connectivity index (χ3v) is 3.83. The van der Waals surface area contributed by atoms with Gasteiger partial charge in [-0.1, -0.05) is 5.21 Å². The van der Waals surface area contributed by atoms with Crippen molar-refractivity contribution < 1.29 is 28.6 Å². The first-order valence-corrected chi connectivity index (χ1v) is 6.79. The molecule has 0 aliphatic rings. The molecule has 3 N–H and O–H groups in total. The number of aliphatic carboxylic acids is 2. The normalized spacial score (nSPS) is 17.2. The number of carbonyl (C=O) groups is 2. The van der Waals surface area contributed by atoms with E-state index < -0.39 is 40.2 Å². The summed E-state index contributed by atoms with van der Waals surface area (Å²) in [5.41, 5.74) is 0. The molecule has 3 atom stereocenters. The lowest BCUT2D eigenvalue weighted by molar-refractivity contribution is -0.139. The van der Waals surface area contributed by atoms with Crippen LogP contribution in [0.15, 0.2) is 17.4 Å². The molecule has 0 saturated carbocycles. The molecular weight excluding hydrogens is 304 g/mol. The number of hydrogen-bond acceptors (Lipinski definition) is 6. The summed E-state index contributed by atoms with van der Waals surface area (Å²) in [6.45, 7) is 1.03. The highest BCUT2D eigenvalue weighted by Crippen LogP contribution is 2.23. The maximum absolute atomic E-state index is 11.6. The molecule has 0 radical (unpaired) electrons. The van der Waals surface area contributed by atoms with E-state index in [-0.39, 0.29) is 6.54 Å². The third-order valence-electron chi connectivity index (χ3n) is 2.68. The molecule has 0 aliphatic heterocycles. The minimum Gasteiger partial charge on any atom is -0.481 e. The summed E-state index contributed by atoms with van der Waals surface area (Å²) in [4.78, 5) is 25.3. The van der Waals surface area contributed by atoms with E-state index in [0.29, 0.717) is 0 Å². The first-order valence-electron chi connectivity index (χ1n) is 5.68.